The number of hydrogen-bond donors (Lipinski definition) is 2. The molecule has 0 spiro atoms. The maximum atomic E-state index is 12.4. The van der Waals surface area contributed by atoms with Crippen LogP contribution in [0.15, 0.2) is 23.1 Å². The van der Waals surface area contributed by atoms with E-state index in [9.17, 15) is 13.2 Å². The van der Waals surface area contributed by atoms with Crippen LogP contribution in [0.1, 0.15) is 48.5 Å². The highest BCUT2D eigenvalue weighted by Gasteiger charge is 2.19. The summed E-state index contributed by atoms with van der Waals surface area (Å²) in [4.78, 5) is 11.1. The number of aliphatic hydroxyl groups is 1. The number of aryl methyl sites for hydroxylation is 1. The molecule has 0 fully saturated rings. The summed E-state index contributed by atoms with van der Waals surface area (Å²) in [6.07, 6.45) is 3.26. The average Bonchev–Trinajstić information content (AvgIpc) is 2.46. The topological polar surface area (TPSA) is 91.7 Å². The van der Waals surface area contributed by atoms with Gasteiger partial charge in [0.05, 0.1) is 16.2 Å². The fraction of sp³-hybridized carbons (Fsp3) is 0.533. The fourth-order valence-electron chi connectivity index (χ4n) is 2.14. The van der Waals surface area contributed by atoms with Crippen molar-refractivity contribution < 1.29 is 23.4 Å². The molecule has 6 heteroatoms. The van der Waals surface area contributed by atoms with Crippen LogP contribution in [0.4, 0.5) is 0 Å². The highest BCUT2D eigenvalue weighted by Crippen LogP contribution is 2.21. The Bertz CT molecular complexity index is 578. The SMILES string of the molecule is CCc1ccc(C(=O)O)cc1S(=O)(=O)CCCCCCO. The van der Waals surface area contributed by atoms with Crippen LogP contribution in [0.2, 0.25) is 0 Å². The zero-order valence-corrected chi connectivity index (χ0v) is 13.0. The van der Waals surface area contributed by atoms with Crippen molar-refractivity contribution in [3.8, 4) is 0 Å². The number of carbonyl (C=O) groups is 1. The molecule has 0 heterocycles. The molecule has 1 rings (SSSR count). The van der Waals surface area contributed by atoms with Gasteiger partial charge in [0, 0.05) is 6.61 Å². The van der Waals surface area contributed by atoms with Crippen LogP contribution in [0.5, 0.6) is 0 Å². The molecular formula is C15H22O5S. The zero-order chi connectivity index (χ0) is 15.9. The van der Waals surface area contributed by atoms with E-state index in [4.69, 9.17) is 10.2 Å². The Morgan fingerprint density at radius 1 is 1.14 bits per heavy atom. The average molecular weight is 314 g/mol. The van der Waals surface area contributed by atoms with Gasteiger partial charge in [0.2, 0.25) is 0 Å². The van der Waals surface area contributed by atoms with E-state index in [-0.39, 0.29) is 22.8 Å². The third-order valence-electron chi connectivity index (χ3n) is 3.35. The van der Waals surface area contributed by atoms with Crippen molar-refractivity contribution in [3.05, 3.63) is 29.3 Å². The number of unbranched alkanes of at least 4 members (excludes halogenated alkanes) is 3. The lowest BCUT2D eigenvalue weighted by molar-refractivity contribution is 0.0696. The lowest BCUT2D eigenvalue weighted by atomic mass is 10.1. The number of rotatable bonds is 9. The molecule has 0 aromatic heterocycles. The maximum Gasteiger partial charge on any atom is 0.335 e. The minimum atomic E-state index is -3.47. The highest BCUT2D eigenvalue weighted by molar-refractivity contribution is 7.91. The van der Waals surface area contributed by atoms with Gasteiger partial charge in [-0.1, -0.05) is 25.8 Å². The number of carboxylic acid groups (broad SMARTS) is 1. The molecule has 0 saturated carbocycles. The summed E-state index contributed by atoms with van der Waals surface area (Å²) < 4.78 is 24.8. The number of aromatic carboxylic acids is 1. The van der Waals surface area contributed by atoms with Crippen LogP contribution in [0.3, 0.4) is 0 Å². The quantitative estimate of drug-likeness (QED) is 0.682. The molecule has 1 aromatic carbocycles. The Labute approximate surface area is 125 Å². The van der Waals surface area contributed by atoms with Gasteiger partial charge in [-0.05, 0) is 37.0 Å². The number of aliphatic hydroxyl groups excluding tert-OH is 1. The second-order valence-corrected chi connectivity index (χ2v) is 7.02. The van der Waals surface area contributed by atoms with Gasteiger partial charge in [0.25, 0.3) is 0 Å². The predicted molar refractivity (Wildman–Crippen MR) is 80.4 cm³/mol. The lowest BCUT2D eigenvalue weighted by Gasteiger charge is -2.10. The molecule has 0 bridgehead atoms. The summed E-state index contributed by atoms with van der Waals surface area (Å²) in [5.41, 5.74) is 0.640. The summed E-state index contributed by atoms with van der Waals surface area (Å²) in [5.74, 6) is -1.12. The van der Waals surface area contributed by atoms with Crippen LogP contribution in [-0.2, 0) is 16.3 Å². The molecular weight excluding hydrogens is 292 g/mol. The van der Waals surface area contributed by atoms with Gasteiger partial charge in [-0.3, -0.25) is 0 Å². The number of hydrogen-bond acceptors (Lipinski definition) is 4. The van der Waals surface area contributed by atoms with E-state index in [2.05, 4.69) is 0 Å². The van der Waals surface area contributed by atoms with Crippen molar-refractivity contribution in [3.63, 3.8) is 0 Å². The molecule has 0 unspecified atom stereocenters. The van der Waals surface area contributed by atoms with E-state index >= 15 is 0 Å². The van der Waals surface area contributed by atoms with E-state index in [1.165, 1.54) is 12.1 Å². The van der Waals surface area contributed by atoms with Crippen LogP contribution in [0.25, 0.3) is 0 Å². The summed E-state index contributed by atoms with van der Waals surface area (Å²) in [7, 11) is -3.47. The van der Waals surface area contributed by atoms with Crippen molar-refractivity contribution in [2.45, 2.75) is 43.9 Å². The first-order valence-electron chi connectivity index (χ1n) is 7.12. The third kappa shape index (κ3) is 5.13. The molecule has 0 aliphatic heterocycles. The van der Waals surface area contributed by atoms with Crippen LogP contribution >= 0.6 is 0 Å². The Balaban J connectivity index is 2.90. The van der Waals surface area contributed by atoms with Gasteiger partial charge in [-0.15, -0.1) is 0 Å². The standard InChI is InChI=1S/C15H22O5S/c1-2-12-7-8-13(15(17)18)11-14(12)21(19,20)10-6-4-3-5-9-16/h7-8,11,16H,2-6,9-10H2,1H3,(H,17,18). The normalized spacial score (nSPS) is 11.5. The van der Waals surface area contributed by atoms with Crippen LogP contribution in [0, 0.1) is 0 Å². The molecule has 0 atom stereocenters. The highest BCUT2D eigenvalue weighted by atomic mass is 32.2. The first-order chi connectivity index (χ1) is 9.92. The fourth-order valence-corrected chi connectivity index (χ4v) is 3.86. The summed E-state index contributed by atoms with van der Waals surface area (Å²) in [6.45, 7) is 1.96. The molecule has 0 amide bonds. The first-order valence-corrected chi connectivity index (χ1v) is 8.77. The Hall–Kier alpha value is -1.40. The maximum absolute atomic E-state index is 12.4. The van der Waals surface area contributed by atoms with Gasteiger partial charge in [-0.2, -0.15) is 0 Å². The second-order valence-electron chi connectivity index (χ2n) is 4.94. The molecule has 21 heavy (non-hydrogen) atoms. The van der Waals surface area contributed by atoms with Crippen molar-refractivity contribution in [2.24, 2.45) is 0 Å². The van der Waals surface area contributed by atoms with Gasteiger partial charge >= 0.3 is 5.97 Å². The summed E-state index contributed by atoms with van der Waals surface area (Å²) >= 11 is 0. The Kier molecular flexibility index (Phi) is 6.84. The van der Waals surface area contributed by atoms with E-state index in [1.54, 1.807) is 6.07 Å². The second kappa shape index (κ2) is 8.14. The molecule has 1 aromatic rings. The number of sulfone groups is 1. The van der Waals surface area contributed by atoms with E-state index in [0.717, 1.165) is 12.8 Å². The van der Waals surface area contributed by atoms with Crippen molar-refractivity contribution in [1.82, 2.24) is 0 Å². The molecule has 0 radical (unpaired) electrons. The smallest absolute Gasteiger partial charge is 0.335 e. The van der Waals surface area contributed by atoms with E-state index in [1.807, 2.05) is 6.92 Å². The first kappa shape index (κ1) is 17.7. The lowest BCUT2D eigenvalue weighted by Crippen LogP contribution is -2.11. The van der Waals surface area contributed by atoms with E-state index in [0.29, 0.717) is 24.8 Å². The van der Waals surface area contributed by atoms with Gasteiger partial charge in [0.1, 0.15) is 0 Å². The minimum absolute atomic E-state index is 0.00828. The van der Waals surface area contributed by atoms with Crippen molar-refractivity contribution >= 4 is 15.8 Å². The summed E-state index contributed by atoms with van der Waals surface area (Å²) in [5, 5.41) is 17.7. The van der Waals surface area contributed by atoms with Crippen molar-refractivity contribution in [2.75, 3.05) is 12.4 Å². The van der Waals surface area contributed by atoms with Gasteiger partial charge < -0.3 is 10.2 Å². The predicted octanol–water partition coefficient (Wildman–Crippen LogP) is 2.27. The van der Waals surface area contributed by atoms with Crippen LogP contribution < -0.4 is 0 Å². The monoisotopic (exact) mass is 314 g/mol. The number of carboxylic acids is 1. The van der Waals surface area contributed by atoms with E-state index < -0.39 is 15.8 Å². The molecule has 0 saturated heterocycles. The Morgan fingerprint density at radius 3 is 2.38 bits per heavy atom. The number of benzene rings is 1. The van der Waals surface area contributed by atoms with Crippen molar-refractivity contribution in [1.29, 1.82) is 0 Å². The molecule has 0 aliphatic rings. The molecule has 118 valence electrons. The Morgan fingerprint density at radius 2 is 1.81 bits per heavy atom. The van der Waals surface area contributed by atoms with Crippen LogP contribution in [-0.4, -0.2) is 37.0 Å². The third-order valence-corrected chi connectivity index (χ3v) is 5.23. The molecule has 2 N–H and O–H groups in total. The zero-order valence-electron chi connectivity index (χ0n) is 12.2. The molecule has 5 nitrogen and oxygen atoms in total. The minimum Gasteiger partial charge on any atom is -0.478 e. The molecule has 0 aliphatic carbocycles. The summed E-state index contributed by atoms with van der Waals surface area (Å²) in [6, 6.07) is 4.26. The largest absolute Gasteiger partial charge is 0.478 e. The van der Waals surface area contributed by atoms with Gasteiger partial charge in [0.15, 0.2) is 9.84 Å². The van der Waals surface area contributed by atoms with Gasteiger partial charge in [-0.25, -0.2) is 13.2 Å².